The molecule has 74 valence electrons. The maximum absolute atomic E-state index is 11.6. The number of carbonyl (C=O) groups is 1. The van der Waals surface area contributed by atoms with Crippen LogP contribution in [0.4, 0.5) is 11.5 Å². The summed E-state index contributed by atoms with van der Waals surface area (Å²) in [6, 6.07) is 1.87. The van der Waals surface area contributed by atoms with Gasteiger partial charge in [0.25, 0.3) is 0 Å². The Morgan fingerprint density at radius 1 is 1.43 bits per heavy atom. The van der Waals surface area contributed by atoms with E-state index in [4.69, 9.17) is 0 Å². The summed E-state index contributed by atoms with van der Waals surface area (Å²) < 4.78 is 0. The number of aryl methyl sites for hydroxylation is 1. The lowest BCUT2D eigenvalue weighted by Gasteiger charge is -2.32. The van der Waals surface area contributed by atoms with Gasteiger partial charge in [0.2, 0.25) is 5.91 Å². The van der Waals surface area contributed by atoms with Gasteiger partial charge in [0, 0.05) is 6.20 Å². The summed E-state index contributed by atoms with van der Waals surface area (Å²) in [6.45, 7) is 5.60. The van der Waals surface area contributed by atoms with Gasteiger partial charge in [-0.15, -0.1) is 0 Å². The smallest absolute Gasteiger partial charge is 0.249 e. The van der Waals surface area contributed by atoms with Gasteiger partial charge in [-0.3, -0.25) is 4.79 Å². The zero-order chi connectivity index (χ0) is 10.3. The molecule has 4 nitrogen and oxygen atoms in total. The summed E-state index contributed by atoms with van der Waals surface area (Å²) in [4.78, 5) is 15.8. The lowest BCUT2D eigenvalue weighted by molar-refractivity contribution is -0.119. The minimum Gasteiger partial charge on any atom is -0.355 e. The fourth-order valence-electron chi connectivity index (χ4n) is 1.43. The first-order valence-corrected chi connectivity index (χ1v) is 4.56. The van der Waals surface area contributed by atoms with Crippen LogP contribution in [0.3, 0.4) is 0 Å². The molecule has 14 heavy (non-hydrogen) atoms. The number of nitrogens with zero attached hydrogens (tertiary/aromatic N) is 1. The van der Waals surface area contributed by atoms with Crippen LogP contribution < -0.4 is 10.6 Å². The van der Waals surface area contributed by atoms with Crippen molar-refractivity contribution in [3.8, 4) is 0 Å². The third-order valence-corrected chi connectivity index (χ3v) is 2.40. The molecule has 1 aromatic rings. The first kappa shape index (κ1) is 8.99. The Labute approximate surface area is 82.7 Å². The number of anilines is 2. The molecule has 0 saturated heterocycles. The first-order chi connectivity index (χ1) is 6.50. The van der Waals surface area contributed by atoms with Crippen LogP contribution in [-0.2, 0) is 4.79 Å². The van der Waals surface area contributed by atoms with Crippen LogP contribution >= 0.6 is 0 Å². The highest BCUT2D eigenvalue weighted by atomic mass is 16.2. The van der Waals surface area contributed by atoms with E-state index in [-0.39, 0.29) is 5.91 Å². The Bertz CT molecular complexity index is 398. The molecule has 4 heteroatoms. The maximum atomic E-state index is 11.6. The molecule has 0 fully saturated rings. The molecule has 1 aliphatic heterocycles. The molecule has 0 aromatic carbocycles. The molecule has 2 heterocycles. The van der Waals surface area contributed by atoms with Crippen LogP contribution in [-0.4, -0.2) is 16.4 Å². The molecule has 0 unspecified atom stereocenters. The fraction of sp³-hybridized carbons (Fsp3) is 0.400. The maximum Gasteiger partial charge on any atom is 0.249 e. The monoisotopic (exact) mass is 191 g/mol. The molecule has 1 amide bonds. The molecule has 0 atom stereocenters. The van der Waals surface area contributed by atoms with E-state index in [1.54, 1.807) is 6.20 Å². The number of fused-ring (bicyclic) bond motifs is 1. The number of pyridine rings is 1. The van der Waals surface area contributed by atoms with Crippen molar-refractivity contribution in [3.63, 3.8) is 0 Å². The van der Waals surface area contributed by atoms with E-state index in [0.29, 0.717) is 0 Å². The number of carbonyl (C=O) groups excluding carboxylic acids is 1. The van der Waals surface area contributed by atoms with Gasteiger partial charge >= 0.3 is 0 Å². The highest BCUT2D eigenvalue weighted by Gasteiger charge is 2.33. The molecule has 2 rings (SSSR count). The standard InChI is InChI=1S/C10H13N3O/c1-6-4-5-11-8-7(6)12-9(14)10(2,3)13-8/h4-5H,1-3H3,(H,11,13)(H,12,14). The summed E-state index contributed by atoms with van der Waals surface area (Å²) in [7, 11) is 0. The number of rotatable bonds is 0. The van der Waals surface area contributed by atoms with Gasteiger partial charge in [-0.2, -0.15) is 0 Å². The summed E-state index contributed by atoms with van der Waals surface area (Å²) in [5.41, 5.74) is 1.22. The quantitative estimate of drug-likeness (QED) is 0.654. The largest absolute Gasteiger partial charge is 0.355 e. The molecule has 0 saturated carbocycles. The van der Waals surface area contributed by atoms with Gasteiger partial charge in [-0.05, 0) is 32.4 Å². The van der Waals surface area contributed by atoms with E-state index in [2.05, 4.69) is 15.6 Å². The van der Waals surface area contributed by atoms with Crippen molar-refractivity contribution in [2.45, 2.75) is 26.3 Å². The Morgan fingerprint density at radius 2 is 2.14 bits per heavy atom. The fourth-order valence-corrected chi connectivity index (χ4v) is 1.43. The predicted octanol–water partition coefficient (Wildman–Crippen LogP) is 1.53. The zero-order valence-corrected chi connectivity index (χ0v) is 8.51. The average Bonchev–Trinajstić information content (AvgIpc) is 2.08. The van der Waals surface area contributed by atoms with Crippen LogP contribution in [0.15, 0.2) is 12.3 Å². The molecule has 1 aromatic heterocycles. The summed E-state index contributed by atoms with van der Waals surface area (Å²) >= 11 is 0. The molecule has 0 aliphatic carbocycles. The Morgan fingerprint density at radius 3 is 2.86 bits per heavy atom. The van der Waals surface area contributed by atoms with Crippen molar-refractivity contribution in [2.75, 3.05) is 10.6 Å². The highest BCUT2D eigenvalue weighted by Crippen LogP contribution is 2.30. The molecular formula is C10H13N3O. The number of amides is 1. The van der Waals surface area contributed by atoms with E-state index in [1.807, 2.05) is 26.8 Å². The lowest BCUT2D eigenvalue weighted by Crippen LogP contribution is -2.48. The number of hydrogen-bond acceptors (Lipinski definition) is 3. The summed E-state index contributed by atoms with van der Waals surface area (Å²) in [5.74, 6) is 0.718. The number of hydrogen-bond donors (Lipinski definition) is 2. The van der Waals surface area contributed by atoms with E-state index >= 15 is 0 Å². The minimum atomic E-state index is -0.589. The normalized spacial score (nSPS) is 18.1. The second kappa shape index (κ2) is 2.70. The van der Waals surface area contributed by atoms with E-state index in [1.165, 1.54) is 0 Å². The van der Waals surface area contributed by atoms with Crippen LogP contribution in [0.25, 0.3) is 0 Å². The Balaban J connectivity index is 2.51. The average molecular weight is 191 g/mol. The van der Waals surface area contributed by atoms with Crippen molar-refractivity contribution in [1.82, 2.24) is 4.98 Å². The van der Waals surface area contributed by atoms with Gasteiger partial charge in [-0.1, -0.05) is 0 Å². The molecule has 2 N–H and O–H groups in total. The van der Waals surface area contributed by atoms with Gasteiger partial charge in [-0.25, -0.2) is 4.98 Å². The second-order valence-electron chi connectivity index (χ2n) is 4.06. The molecule has 0 spiro atoms. The number of nitrogens with one attached hydrogen (secondary N) is 2. The topological polar surface area (TPSA) is 54.0 Å². The highest BCUT2D eigenvalue weighted by molar-refractivity contribution is 6.05. The van der Waals surface area contributed by atoms with Crippen LogP contribution in [0.2, 0.25) is 0 Å². The molecule has 0 radical (unpaired) electrons. The first-order valence-electron chi connectivity index (χ1n) is 4.56. The molecular weight excluding hydrogens is 178 g/mol. The van der Waals surface area contributed by atoms with Crippen LogP contribution in [0, 0.1) is 6.92 Å². The van der Waals surface area contributed by atoms with Crippen LogP contribution in [0.5, 0.6) is 0 Å². The second-order valence-corrected chi connectivity index (χ2v) is 4.06. The summed E-state index contributed by atoms with van der Waals surface area (Å²) in [5, 5.41) is 5.96. The lowest BCUT2D eigenvalue weighted by atomic mass is 10.0. The Hall–Kier alpha value is -1.58. The van der Waals surface area contributed by atoms with Gasteiger partial charge < -0.3 is 10.6 Å². The van der Waals surface area contributed by atoms with Gasteiger partial charge in [0.15, 0.2) is 5.82 Å². The van der Waals surface area contributed by atoms with Crippen molar-refractivity contribution in [2.24, 2.45) is 0 Å². The van der Waals surface area contributed by atoms with E-state index in [9.17, 15) is 4.79 Å². The number of aromatic nitrogens is 1. The van der Waals surface area contributed by atoms with Gasteiger partial charge in [0.1, 0.15) is 5.54 Å². The van der Waals surface area contributed by atoms with Crippen molar-refractivity contribution in [3.05, 3.63) is 17.8 Å². The van der Waals surface area contributed by atoms with E-state index < -0.39 is 5.54 Å². The SMILES string of the molecule is Cc1ccnc2c1NC(=O)C(C)(C)N2. The third kappa shape index (κ3) is 1.23. The predicted molar refractivity (Wildman–Crippen MR) is 55.3 cm³/mol. The zero-order valence-electron chi connectivity index (χ0n) is 8.51. The molecule has 1 aliphatic rings. The van der Waals surface area contributed by atoms with Crippen LogP contribution in [0.1, 0.15) is 19.4 Å². The van der Waals surface area contributed by atoms with Crippen molar-refractivity contribution in [1.29, 1.82) is 0 Å². The molecule has 0 bridgehead atoms. The Kier molecular flexibility index (Phi) is 1.74. The van der Waals surface area contributed by atoms with Crippen molar-refractivity contribution < 1.29 is 4.79 Å². The third-order valence-electron chi connectivity index (χ3n) is 2.40. The minimum absolute atomic E-state index is 0.0268. The van der Waals surface area contributed by atoms with Gasteiger partial charge in [0.05, 0.1) is 5.69 Å². The van der Waals surface area contributed by atoms with Crippen molar-refractivity contribution >= 4 is 17.4 Å². The van der Waals surface area contributed by atoms with E-state index in [0.717, 1.165) is 17.1 Å². The summed E-state index contributed by atoms with van der Waals surface area (Å²) in [6.07, 6.45) is 1.73.